The van der Waals surface area contributed by atoms with Gasteiger partial charge in [0, 0.05) is 23.5 Å². The summed E-state index contributed by atoms with van der Waals surface area (Å²) in [6, 6.07) is 11.9. The number of aliphatic imine (C=N–C) groups is 1. The predicted octanol–water partition coefficient (Wildman–Crippen LogP) is 4.40. The minimum Gasteiger partial charge on any atom is -0.324 e. The van der Waals surface area contributed by atoms with Crippen LogP contribution in [0.25, 0.3) is 11.1 Å². The molecule has 0 atom stereocenters. The highest BCUT2D eigenvalue weighted by Gasteiger charge is 2.18. The molecule has 0 spiro atoms. The number of benzene rings is 1. The number of nitrogens with one attached hydrogen (secondary N) is 1. The smallest absolute Gasteiger partial charge is 0.230 e. The van der Waals surface area contributed by atoms with Gasteiger partial charge in [-0.1, -0.05) is 17.7 Å². The number of halogens is 2. The summed E-state index contributed by atoms with van der Waals surface area (Å²) in [5.74, 6) is -0.776. The zero-order valence-electron chi connectivity index (χ0n) is 13.4. The van der Waals surface area contributed by atoms with Crippen molar-refractivity contribution in [3.8, 4) is 11.1 Å². The first-order valence-corrected chi connectivity index (χ1v) is 8.22. The number of hydrogen-bond acceptors (Lipinski definition) is 4. The number of hydrogen-bond donors (Lipinski definition) is 1. The Morgan fingerprint density at radius 3 is 2.73 bits per heavy atom. The zero-order chi connectivity index (χ0) is 18.1. The van der Waals surface area contributed by atoms with Gasteiger partial charge in [0.2, 0.25) is 11.9 Å². The molecule has 7 heteroatoms. The molecule has 0 saturated heterocycles. The lowest BCUT2D eigenvalue weighted by Gasteiger charge is -2.08. The molecule has 0 radical (unpaired) electrons. The van der Waals surface area contributed by atoms with Crippen molar-refractivity contribution >= 4 is 34.6 Å². The molecule has 4 rings (SSSR count). The quantitative estimate of drug-likeness (QED) is 0.683. The molecule has 3 aromatic rings. The molecule has 3 heterocycles. The summed E-state index contributed by atoms with van der Waals surface area (Å²) in [4.78, 5) is 24.5. The first-order valence-electron chi connectivity index (χ1n) is 7.84. The number of aromatic nitrogens is 2. The van der Waals surface area contributed by atoms with Gasteiger partial charge < -0.3 is 5.32 Å². The van der Waals surface area contributed by atoms with Crippen molar-refractivity contribution < 1.29 is 9.18 Å². The SMILES string of the molecule is O=C1CC(c2ccnc(Cl)c2)=Nc2ccc(-c3cccnc3F)cc2N1. The standard InChI is InChI=1S/C19H12ClFN4O/c20-17-9-12(5-7-22-17)15-10-18(26)25-16-8-11(3-4-14(16)24-15)13-2-1-6-23-19(13)21/h1-9H,10H2,(H,25,26). The first kappa shape index (κ1) is 16.4. The van der Waals surface area contributed by atoms with E-state index in [0.29, 0.717) is 33.4 Å². The molecule has 1 N–H and O–H groups in total. The first-order chi connectivity index (χ1) is 12.6. The van der Waals surface area contributed by atoms with Gasteiger partial charge in [-0.3, -0.25) is 9.79 Å². The van der Waals surface area contributed by atoms with Gasteiger partial charge in [-0.15, -0.1) is 0 Å². The van der Waals surface area contributed by atoms with Crippen LogP contribution in [0.4, 0.5) is 15.8 Å². The molecule has 5 nitrogen and oxygen atoms in total. The Bertz CT molecular complexity index is 1050. The Morgan fingerprint density at radius 1 is 1.04 bits per heavy atom. The molecule has 1 aromatic carbocycles. The molecule has 1 amide bonds. The zero-order valence-corrected chi connectivity index (χ0v) is 14.2. The predicted molar refractivity (Wildman–Crippen MR) is 98.3 cm³/mol. The van der Waals surface area contributed by atoms with E-state index in [9.17, 15) is 9.18 Å². The van der Waals surface area contributed by atoms with E-state index in [0.717, 1.165) is 5.56 Å². The van der Waals surface area contributed by atoms with E-state index in [1.807, 2.05) is 0 Å². The van der Waals surface area contributed by atoms with Crippen molar-refractivity contribution in [3.63, 3.8) is 0 Å². The Labute approximate surface area is 153 Å². The van der Waals surface area contributed by atoms with Crippen LogP contribution < -0.4 is 5.32 Å². The van der Waals surface area contributed by atoms with E-state index in [1.165, 1.54) is 6.20 Å². The van der Waals surface area contributed by atoms with Crippen LogP contribution in [-0.2, 0) is 4.79 Å². The lowest BCUT2D eigenvalue weighted by Crippen LogP contribution is -2.15. The summed E-state index contributed by atoms with van der Waals surface area (Å²) >= 11 is 5.94. The summed E-state index contributed by atoms with van der Waals surface area (Å²) in [7, 11) is 0. The van der Waals surface area contributed by atoms with E-state index >= 15 is 0 Å². The lowest BCUT2D eigenvalue weighted by atomic mass is 10.1. The molecule has 1 aliphatic rings. The number of amides is 1. The van der Waals surface area contributed by atoms with Gasteiger partial charge >= 0.3 is 0 Å². The molecule has 26 heavy (non-hydrogen) atoms. The Morgan fingerprint density at radius 2 is 1.92 bits per heavy atom. The van der Waals surface area contributed by atoms with E-state index in [2.05, 4.69) is 20.3 Å². The van der Waals surface area contributed by atoms with Crippen molar-refractivity contribution in [3.05, 3.63) is 71.5 Å². The van der Waals surface area contributed by atoms with E-state index in [-0.39, 0.29) is 12.3 Å². The van der Waals surface area contributed by atoms with Crippen LogP contribution in [0.3, 0.4) is 0 Å². The van der Waals surface area contributed by atoms with Crippen molar-refractivity contribution in [1.29, 1.82) is 0 Å². The van der Waals surface area contributed by atoms with Gasteiger partial charge in [0.1, 0.15) is 5.15 Å². The largest absolute Gasteiger partial charge is 0.324 e. The molecular formula is C19H12ClFN4O. The molecule has 0 aliphatic carbocycles. The lowest BCUT2D eigenvalue weighted by molar-refractivity contribution is -0.115. The van der Waals surface area contributed by atoms with Gasteiger partial charge in [0.15, 0.2) is 0 Å². The molecule has 2 aromatic heterocycles. The topological polar surface area (TPSA) is 67.2 Å². The van der Waals surface area contributed by atoms with Gasteiger partial charge in [-0.25, -0.2) is 9.97 Å². The summed E-state index contributed by atoms with van der Waals surface area (Å²) in [5.41, 5.74) is 3.40. The number of anilines is 1. The second kappa shape index (κ2) is 6.65. The Hall–Kier alpha value is -3.12. The maximum absolute atomic E-state index is 13.9. The third kappa shape index (κ3) is 3.19. The summed E-state index contributed by atoms with van der Waals surface area (Å²) in [6.45, 7) is 0. The molecule has 0 bridgehead atoms. The van der Waals surface area contributed by atoms with E-state index < -0.39 is 5.95 Å². The van der Waals surface area contributed by atoms with Crippen molar-refractivity contribution in [2.45, 2.75) is 6.42 Å². The highest BCUT2D eigenvalue weighted by atomic mass is 35.5. The molecular weight excluding hydrogens is 355 g/mol. The van der Waals surface area contributed by atoms with Crippen LogP contribution in [0.15, 0.2) is 59.9 Å². The van der Waals surface area contributed by atoms with Crippen molar-refractivity contribution in [2.24, 2.45) is 4.99 Å². The van der Waals surface area contributed by atoms with Crippen LogP contribution >= 0.6 is 11.6 Å². The number of rotatable bonds is 2. The fourth-order valence-electron chi connectivity index (χ4n) is 2.78. The van der Waals surface area contributed by atoms with Gasteiger partial charge in [-0.2, -0.15) is 4.39 Å². The van der Waals surface area contributed by atoms with Crippen LogP contribution in [0.5, 0.6) is 0 Å². The number of carbonyl (C=O) groups is 1. The van der Waals surface area contributed by atoms with Crippen molar-refractivity contribution in [1.82, 2.24) is 9.97 Å². The third-order valence-corrected chi connectivity index (χ3v) is 4.19. The third-order valence-electron chi connectivity index (χ3n) is 3.98. The normalized spacial score (nSPS) is 13.5. The minimum absolute atomic E-state index is 0.103. The number of carbonyl (C=O) groups excluding carboxylic acids is 1. The maximum atomic E-state index is 13.9. The second-order valence-electron chi connectivity index (χ2n) is 5.72. The number of pyridine rings is 2. The fraction of sp³-hybridized carbons (Fsp3) is 0.0526. The minimum atomic E-state index is -0.567. The fourth-order valence-corrected chi connectivity index (χ4v) is 2.96. The highest BCUT2D eigenvalue weighted by Crippen LogP contribution is 2.34. The van der Waals surface area contributed by atoms with Crippen LogP contribution in [0, 0.1) is 5.95 Å². The second-order valence-corrected chi connectivity index (χ2v) is 6.11. The molecule has 128 valence electrons. The van der Waals surface area contributed by atoms with E-state index in [1.54, 1.807) is 48.7 Å². The van der Waals surface area contributed by atoms with Gasteiger partial charge in [-0.05, 0) is 42.0 Å². The van der Waals surface area contributed by atoms with Crippen LogP contribution in [0.1, 0.15) is 12.0 Å². The molecule has 0 unspecified atom stereocenters. The summed E-state index contributed by atoms with van der Waals surface area (Å²) in [5, 5.41) is 3.15. The average molecular weight is 367 g/mol. The maximum Gasteiger partial charge on any atom is 0.230 e. The summed E-state index contributed by atoms with van der Waals surface area (Å²) < 4.78 is 13.9. The molecule has 0 saturated carbocycles. The van der Waals surface area contributed by atoms with Crippen LogP contribution in [-0.4, -0.2) is 21.6 Å². The van der Waals surface area contributed by atoms with Gasteiger partial charge in [0.25, 0.3) is 0 Å². The van der Waals surface area contributed by atoms with E-state index in [4.69, 9.17) is 11.6 Å². The van der Waals surface area contributed by atoms with Gasteiger partial charge in [0.05, 0.1) is 23.5 Å². The van der Waals surface area contributed by atoms with Crippen molar-refractivity contribution in [2.75, 3.05) is 5.32 Å². The monoisotopic (exact) mass is 366 g/mol. The Kier molecular flexibility index (Phi) is 4.18. The van der Waals surface area contributed by atoms with Crippen LogP contribution in [0.2, 0.25) is 5.15 Å². The highest BCUT2D eigenvalue weighted by molar-refractivity contribution is 6.30. The molecule has 1 aliphatic heterocycles. The summed E-state index contributed by atoms with van der Waals surface area (Å²) in [6.07, 6.45) is 3.06. The average Bonchev–Trinajstić information content (AvgIpc) is 2.79. The Balaban J connectivity index is 1.80. The number of nitrogens with zero attached hydrogens (tertiary/aromatic N) is 3. The number of fused-ring (bicyclic) bond motifs is 1. The molecule has 0 fully saturated rings.